The highest BCUT2D eigenvalue weighted by Crippen LogP contribution is 2.45. The average Bonchev–Trinajstić information content (AvgIpc) is 3.07. The van der Waals surface area contributed by atoms with Crippen LogP contribution in [0.25, 0.3) is 0 Å². The lowest BCUT2D eigenvalue weighted by Crippen LogP contribution is -2.64. The Bertz CT molecular complexity index is 1080. The molecule has 0 spiro atoms. The Morgan fingerprint density at radius 2 is 1.14 bits per heavy atom. The second kappa shape index (κ2) is 15.4. The van der Waals surface area contributed by atoms with Crippen molar-refractivity contribution in [3.63, 3.8) is 0 Å². The number of ether oxygens (including phenoxy) is 8. The summed E-state index contributed by atoms with van der Waals surface area (Å²) in [5, 5.41) is 0. The molecule has 0 aliphatic carbocycles. The molecule has 43 heavy (non-hydrogen) atoms. The Hall–Kier alpha value is -3.29. The van der Waals surface area contributed by atoms with E-state index in [0.29, 0.717) is 24.0 Å². The van der Waals surface area contributed by atoms with Gasteiger partial charge in [0.25, 0.3) is 0 Å². The maximum Gasteiger partial charge on any atom is 0.303 e. The Morgan fingerprint density at radius 1 is 0.651 bits per heavy atom. The van der Waals surface area contributed by atoms with E-state index in [0.717, 1.165) is 13.8 Å². The van der Waals surface area contributed by atoms with Crippen molar-refractivity contribution in [2.45, 2.75) is 136 Å². The van der Waals surface area contributed by atoms with Crippen molar-refractivity contribution in [1.29, 1.82) is 0 Å². The molecule has 242 valence electrons. The summed E-state index contributed by atoms with van der Waals surface area (Å²) in [6.45, 7) is 19.1. The van der Waals surface area contributed by atoms with Crippen LogP contribution in [0.15, 0.2) is 24.3 Å². The van der Waals surface area contributed by atoms with E-state index < -0.39 is 84.7 Å². The van der Waals surface area contributed by atoms with Gasteiger partial charge in [-0.15, -0.1) is 6.58 Å². The lowest BCUT2D eigenvalue weighted by molar-refractivity contribution is -0.376. The zero-order valence-corrected chi connectivity index (χ0v) is 26.2. The number of hydrogen-bond acceptors (Lipinski definition) is 13. The summed E-state index contributed by atoms with van der Waals surface area (Å²) in [5.41, 5.74) is 1.18. The van der Waals surface area contributed by atoms with E-state index in [4.69, 9.17) is 37.9 Å². The fraction of sp³-hybridized carbons (Fsp3) is 0.700. The fourth-order valence-corrected chi connectivity index (χ4v) is 5.36. The molecule has 2 aliphatic rings. The van der Waals surface area contributed by atoms with Crippen LogP contribution in [0.2, 0.25) is 0 Å². The van der Waals surface area contributed by atoms with Gasteiger partial charge in [-0.25, -0.2) is 0 Å². The molecule has 0 saturated carbocycles. The SMILES string of the molecule is C=C(C)CC1OC(OC2(CC(=C)C)OC(CCC)C(OC(C)=O)C2OC(C)=O)C(OC(C)=O)C(OC(C)=O)C1OC(C)=O. The summed E-state index contributed by atoms with van der Waals surface area (Å²) in [4.78, 5) is 61.2. The van der Waals surface area contributed by atoms with Crippen molar-refractivity contribution >= 4 is 29.8 Å². The predicted molar refractivity (Wildman–Crippen MR) is 149 cm³/mol. The van der Waals surface area contributed by atoms with Crippen LogP contribution >= 0.6 is 0 Å². The van der Waals surface area contributed by atoms with Gasteiger partial charge >= 0.3 is 29.8 Å². The standard InChI is InChI=1S/C30H44O13/c1-11-12-22-25(37-18(7)32)28(40-21(10)35)30(42-22,14-16(4)5)43-29-27(39-20(9)34)26(38-19(8)33)24(36-17(6)31)23(41-29)13-15(2)3/h22-29H,2,4,11-14H2,1,3,5-10H3. The first-order chi connectivity index (χ1) is 20.0. The molecular weight excluding hydrogens is 568 g/mol. The summed E-state index contributed by atoms with van der Waals surface area (Å²) in [6.07, 6.45) is -8.62. The molecule has 2 rings (SSSR count). The molecule has 0 aromatic carbocycles. The van der Waals surface area contributed by atoms with Crippen molar-refractivity contribution in [2.75, 3.05) is 0 Å². The number of esters is 5. The minimum Gasteiger partial charge on any atom is -0.456 e. The maximum atomic E-state index is 12.4. The van der Waals surface area contributed by atoms with Gasteiger partial charge in [-0.3, -0.25) is 24.0 Å². The van der Waals surface area contributed by atoms with E-state index in [-0.39, 0.29) is 12.8 Å². The first-order valence-corrected chi connectivity index (χ1v) is 14.2. The first kappa shape index (κ1) is 35.9. The van der Waals surface area contributed by atoms with Gasteiger partial charge < -0.3 is 37.9 Å². The van der Waals surface area contributed by atoms with E-state index in [1.165, 1.54) is 20.8 Å². The Kier molecular flexibility index (Phi) is 12.9. The number of hydrogen-bond donors (Lipinski definition) is 0. The molecule has 9 atom stereocenters. The van der Waals surface area contributed by atoms with Gasteiger partial charge in [-0.1, -0.05) is 31.1 Å². The Morgan fingerprint density at radius 3 is 1.60 bits per heavy atom. The Labute approximate surface area is 252 Å². The van der Waals surface area contributed by atoms with Gasteiger partial charge in [-0.05, 0) is 26.7 Å². The summed E-state index contributed by atoms with van der Waals surface area (Å²) in [5.74, 6) is -5.42. The molecule has 0 aromatic heterocycles. The highest BCUT2D eigenvalue weighted by Gasteiger charge is 2.63. The van der Waals surface area contributed by atoms with E-state index in [9.17, 15) is 24.0 Å². The minimum absolute atomic E-state index is 0.0632. The second-order valence-corrected chi connectivity index (χ2v) is 11.0. The second-order valence-electron chi connectivity index (χ2n) is 11.0. The van der Waals surface area contributed by atoms with Gasteiger partial charge in [-0.2, -0.15) is 0 Å². The maximum absolute atomic E-state index is 12.4. The quantitative estimate of drug-likeness (QED) is 0.170. The molecule has 2 saturated heterocycles. The zero-order chi connectivity index (χ0) is 32.6. The molecule has 0 bridgehead atoms. The third-order valence-electron chi connectivity index (χ3n) is 6.53. The first-order valence-electron chi connectivity index (χ1n) is 14.2. The van der Waals surface area contributed by atoms with Crippen molar-refractivity contribution < 1.29 is 61.9 Å². The molecule has 0 amide bonds. The molecule has 2 fully saturated rings. The van der Waals surface area contributed by atoms with Crippen LogP contribution in [0.4, 0.5) is 0 Å². The van der Waals surface area contributed by atoms with Crippen LogP contribution in [0.1, 0.15) is 81.1 Å². The number of carbonyl (C=O) groups is 5. The summed E-state index contributed by atoms with van der Waals surface area (Å²) >= 11 is 0. The molecule has 0 aromatic rings. The normalized spacial score (nSPS) is 31.8. The predicted octanol–water partition coefficient (Wildman–Crippen LogP) is 3.21. The fourth-order valence-electron chi connectivity index (χ4n) is 5.36. The van der Waals surface area contributed by atoms with Crippen LogP contribution in [0, 0.1) is 0 Å². The van der Waals surface area contributed by atoms with E-state index in [1.807, 2.05) is 6.92 Å². The largest absolute Gasteiger partial charge is 0.456 e. The molecular formula is C30H44O13. The summed E-state index contributed by atoms with van der Waals surface area (Å²) in [7, 11) is 0. The Balaban J connectivity index is 2.75. The number of carbonyl (C=O) groups excluding carboxylic acids is 5. The van der Waals surface area contributed by atoms with Crippen molar-refractivity contribution in [1.82, 2.24) is 0 Å². The van der Waals surface area contributed by atoms with Crippen LogP contribution < -0.4 is 0 Å². The lowest BCUT2D eigenvalue weighted by Gasteiger charge is -2.47. The zero-order valence-electron chi connectivity index (χ0n) is 26.2. The van der Waals surface area contributed by atoms with Crippen molar-refractivity contribution in [3.8, 4) is 0 Å². The number of rotatable bonds is 13. The van der Waals surface area contributed by atoms with Gasteiger partial charge in [0.1, 0.15) is 12.2 Å². The summed E-state index contributed by atoms with van der Waals surface area (Å²) in [6, 6.07) is 0. The molecule has 13 heteroatoms. The molecule has 9 unspecified atom stereocenters. The van der Waals surface area contributed by atoms with Crippen molar-refractivity contribution in [2.24, 2.45) is 0 Å². The van der Waals surface area contributed by atoms with Gasteiger partial charge in [0.05, 0.1) is 0 Å². The van der Waals surface area contributed by atoms with E-state index >= 15 is 0 Å². The van der Waals surface area contributed by atoms with Gasteiger partial charge in [0, 0.05) is 41.0 Å². The third kappa shape index (κ3) is 9.87. The van der Waals surface area contributed by atoms with Crippen LogP contribution in [-0.2, 0) is 61.9 Å². The van der Waals surface area contributed by atoms with Gasteiger partial charge in [0.15, 0.2) is 30.5 Å². The minimum atomic E-state index is -1.86. The molecule has 13 nitrogen and oxygen atoms in total. The molecule has 0 radical (unpaired) electrons. The van der Waals surface area contributed by atoms with E-state index in [2.05, 4.69) is 13.2 Å². The van der Waals surface area contributed by atoms with Crippen LogP contribution in [-0.4, -0.2) is 84.7 Å². The molecule has 2 aliphatic heterocycles. The van der Waals surface area contributed by atoms with Crippen LogP contribution in [0.3, 0.4) is 0 Å². The van der Waals surface area contributed by atoms with E-state index in [1.54, 1.807) is 13.8 Å². The van der Waals surface area contributed by atoms with Gasteiger partial charge in [0.2, 0.25) is 12.1 Å². The third-order valence-corrected chi connectivity index (χ3v) is 6.53. The summed E-state index contributed by atoms with van der Waals surface area (Å²) < 4.78 is 47.2. The van der Waals surface area contributed by atoms with Crippen molar-refractivity contribution in [3.05, 3.63) is 24.3 Å². The average molecular weight is 613 g/mol. The molecule has 2 heterocycles. The molecule has 0 N–H and O–H groups in total. The smallest absolute Gasteiger partial charge is 0.303 e. The lowest BCUT2D eigenvalue weighted by atomic mass is 9.93. The highest BCUT2D eigenvalue weighted by molar-refractivity contribution is 5.69. The monoisotopic (exact) mass is 612 g/mol. The highest BCUT2D eigenvalue weighted by atomic mass is 16.8. The van der Waals surface area contributed by atoms with Crippen LogP contribution in [0.5, 0.6) is 0 Å². The topological polar surface area (TPSA) is 159 Å².